The van der Waals surface area contributed by atoms with Gasteiger partial charge >= 0.3 is 0 Å². The second-order valence-electron chi connectivity index (χ2n) is 4.60. The number of nitrogens with one attached hydrogen (secondary N) is 1. The van der Waals surface area contributed by atoms with Gasteiger partial charge in [-0.05, 0) is 13.8 Å². The normalized spacial score (nSPS) is 17.4. The summed E-state index contributed by atoms with van der Waals surface area (Å²) in [5.41, 5.74) is 1.20. The van der Waals surface area contributed by atoms with Gasteiger partial charge in [0.05, 0.1) is 0 Å². The molecule has 1 aliphatic heterocycles. The van der Waals surface area contributed by atoms with Crippen LogP contribution in [0.4, 0.5) is 5.95 Å². The topological polar surface area (TPSA) is 41.1 Å². The van der Waals surface area contributed by atoms with Crippen molar-refractivity contribution in [3.63, 3.8) is 0 Å². The van der Waals surface area contributed by atoms with Gasteiger partial charge in [-0.3, -0.25) is 4.90 Å². The molecule has 1 aromatic heterocycles. The van der Waals surface area contributed by atoms with E-state index in [9.17, 15) is 0 Å². The summed E-state index contributed by atoms with van der Waals surface area (Å²) in [6, 6.07) is 0.375. The van der Waals surface area contributed by atoms with Crippen molar-refractivity contribution in [3.8, 4) is 0 Å². The maximum absolute atomic E-state index is 4.33. The van der Waals surface area contributed by atoms with E-state index >= 15 is 0 Å². The molecule has 0 radical (unpaired) electrons. The fraction of sp³-hybridized carbons (Fsp3) is 0.667. The standard InChI is InChI=1S/C12H20N4S/c1-10(2)15-12-13-7-11(8-14-12)9-16-3-5-17-6-4-16/h7-8,10H,3-6,9H2,1-2H3,(H,13,14,15). The third-order valence-electron chi connectivity index (χ3n) is 2.63. The highest BCUT2D eigenvalue weighted by Crippen LogP contribution is 2.12. The Morgan fingerprint density at radius 3 is 2.53 bits per heavy atom. The van der Waals surface area contributed by atoms with Crippen LogP contribution in [0.3, 0.4) is 0 Å². The zero-order valence-electron chi connectivity index (χ0n) is 10.5. The van der Waals surface area contributed by atoms with Gasteiger partial charge in [0.2, 0.25) is 5.95 Å². The Kier molecular flexibility index (Phi) is 4.62. The molecule has 94 valence electrons. The van der Waals surface area contributed by atoms with Crippen LogP contribution in [-0.2, 0) is 6.54 Å². The summed E-state index contributed by atoms with van der Waals surface area (Å²) in [4.78, 5) is 11.1. The van der Waals surface area contributed by atoms with Gasteiger partial charge in [-0.1, -0.05) is 0 Å². The molecule has 0 atom stereocenters. The van der Waals surface area contributed by atoms with Gasteiger partial charge in [0, 0.05) is 55.1 Å². The Morgan fingerprint density at radius 2 is 1.94 bits per heavy atom. The molecule has 0 saturated carbocycles. The fourth-order valence-corrected chi connectivity index (χ4v) is 2.77. The molecule has 1 saturated heterocycles. The lowest BCUT2D eigenvalue weighted by Gasteiger charge is -2.25. The summed E-state index contributed by atoms with van der Waals surface area (Å²) >= 11 is 2.04. The number of aromatic nitrogens is 2. The Bertz CT molecular complexity index is 333. The lowest BCUT2D eigenvalue weighted by molar-refractivity contribution is 0.294. The lowest BCUT2D eigenvalue weighted by atomic mass is 10.3. The van der Waals surface area contributed by atoms with Crippen molar-refractivity contribution in [2.24, 2.45) is 0 Å². The Hall–Kier alpha value is -0.810. The molecule has 1 aromatic rings. The van der Waals surface area contributed by atoms with Crippen molar-refractivity contribution in [2.75, 3.05) is 29.9 Å². The lowest BCUT2D eigenvalue weighted by Crippen LogP contribution is -2.32. The summed E-state index contributed by atoms with van der Waals surface area (Å²) in [6.07, 6.45) is 3.86. The highest BCUT2D eigenvalue weighted by atomic mass is 32.2. The van der Waals surface area contributed by atoms with E-state index in [1.54, 1.807) is 0 Å². The largest absolute Gasteiger partial charge is 0.352 e. The van der Waals surface area contributed by atoms with Crippen molar-refractivity contribution in [3.05, 3.63) is 18.0 Å². The molecule has 0 spiro atoms. The number of rotatable bonds is 4. The van der Waals surface area contributed by atoms with E-state index in [1.165, 1.54) is 30.2 Å². The highest BCUT2D eigenvalue weighted by Gasteiger charge is 2.11. The predicted molar refractivity (Wildman–Crippen MR) is 73.4 cm³/mol. The van der Waals surface area contributed by atoms with Gasteiger partial charge in [-0.25, -0.2) is 9.97 Å². The number of hydrogen-bond acceptors (Lipinski definition) is 5. The fourth-order valence-electron chi connectivity index (χ4n) is 1.79. The minimum absolute atomic E-state index is 0.375. The minimum Gasteiger partial charge on any atom is -0.352 e. The third kappa shape index (κ3) is 4.16. The summed E-state index contributed by atoms with van der Waals surface area (Å²) in [5.74, 6) is 3.21. The quantitative estimate of drug-likeness (QED) is 0.885. The zero-order chi connectivity index (χ0) is 12.1. The van der Waals surface area contributed by atoms with Gasteiger partial charge in [0.15, 0.2) is 0 Å². The summed E-state index contributed by atoms with van der Waals surface area (Å²) < 4.78 is 0. The molecule has 0 amide bonds. The molecule has 1 fully saturated rings. The smallest absolute Gasteiger partial charge is 0.222 e. The molecule has 0 aromatic carbocycles. The van der Waals surface area contributed by atoms with Crippen LogP contribution in [0.25, 0.3) is 0 Å². The number of nitrogens with zero attached hydrogens (tertiary/aromatic N) is 3. The molecule has 5 heteroatoms. The zero-order valence-corrected chi connectivity index (χ0v) is 11.3. The maximum atomic E-state index is 4.33. The molecule has 0 aliphatic carbocycles. The molecule has 4 nitrogen and oxygen atoms in total. The van der Waals surface area contributed by atoms with Gasteiger partial charge in [0.1, 0.15) is 0 Å². The second kappa shape index (κ2) is 6.21. The first-order valence-corrected chi connectivity index (χ1v) is 7.27. The van der Waals surface area contributed by atoms with Crippen molar-refractivity contribution < 1.29 is 0 Å². The van der Waals surface area contributed by atoms with Gasteiger partial charge < -0.3 is 5.32 Å². The van der Waals surface area contributed by atoms with E-state index < -0.39 is 0 Å². The first kappa shape index (κ1) is 12.6. The van der Waals surface area contributed by atoms with Crippen LogP contribution in [0, 0.1) is 0 Å². The Morgan fingerprint density at radius 1 is 1.29 bits per heavy atom. The van der Waals surface area contributed by atoms with Crippen molar-refractivity contribution >= 4 is 17.7 Å². The molecule has 17 heavy (non-hydrogen) atoms. The first-order valence-electron chi connectivity index (χ1n) is 6.11. The maximum Gasteiger partial charge on any atom is 0.222 e. The van der Waals surface area contributed by atoms with Crippen molar-refractivity contribution in [1.82, 2.24) is 14.9 Å². The molecule has 0 bridgehead atoms. The average Bonchev–Trinajstić information content (AvgIpc) is 2.32. The molecular weight excluding hydrogens is 232 g/mol. The van der Waals surface area contributed by atoms with Crippen LogP contribution >= 0.6 is 11.8 Å². The number of thioether (sulfide) groups is 1. The molecule has 0 unspecified atom stereocenters. The summed E-state index contributed by atoms with van der Waals surface area (Å²) in [6.45, 7) is 7.50. The van der Waals surface area contributed by atoms with Crippen LogP contribution in [0.5, 0.6) is 0 Å². The molecule has 1 N–H and O–H groups in total. The summed E-state index contributed by atoms with van der Waals surface area (Å²) in [5, 5.41) is 3.20. The molecule has 2 heterocycles. The van der Waals surface area contributed by atoms with Gasteiger partial charge in [0.25, 0.3) is 0 Å². The van der Waals surface area contributed by atoms with Crippen molar-refractivity contribution in [1.29, 1.82) is 0 Å². The molecule has 1 aliphatic rings. The SMILES string of the molecule is CC(C)Nc1ncc(CN2CCSCC2)cn1. The van der Waals surface area contributed by atoms with E-state index in [4.69, 9.17) is 0 Å². The van der Waals surface area contributed by atoms with E-state index in [0.717, 1.165) is 12.5 Å². The van der Waals surface area contributed by atoms with Crippen LogP contribution in [0.1, 0.15) is 19.4 Å². The Balaban J connectivity index is 1.88. The Labute approximate surface area is 107 Å². The van der Waals surface area contributed by atoms with E-state index in [1.807, 2.05) is 24.2 Å². The first-order chi connectivity index (χ1) is 8.24. The summed E-state index contributed by atoms with van der Waals surface area (Å²) in [7, 11) is 0. The third-order valence-corrected chi connectivity index (χ3v) is 3.58. The predicted octanol–water partition coefficient (Wildman–Crippen LogP) is 1.85. The molecule has 2 rings (SSSR count). The van der Waals surface area contributed by atoms with Crippen LogP contribution in [-0.4, -0.2) is 45.5 Å². The number of hydrogen-bond donors (Lipinski definition) is 1. The second-order valence-corrected chi connectivity index (χ2v) is 5.83. The van der Waals surface area contributed by atoms with Crippen LogP contribution < -0.4 is 5.32 Å². The van der Waals surface area contributed by atoms with Gasteiger partial charge in [-0.15, -0.1) is 0 Å². The monoisotopic (exact) mass is 252 g/mol. The van der Waals surface area contributed by atoms with Gasteiger partial charge in [-0.2, -0.15) is 11.8 Å². The van der Waals surface area contributed by atoms with Crippen molar-refractivity contribution in [2.45, 2.75) is 26.4 Å². The highest BCUT2D eigenvalue weighted by molar-refractivity contribution is 7.99. The van der Waals surface area contributed by atoms with E-state index in [2.05, 4.69) is 34.0 Å². The van der Waals surface area contributed by atoms with Crippen LogP contribution in [0.15, 0.2) is 12.4 Å². The van der Waals surface area contributed by atoms with E-state index in [-0.39, 0.29) is 0 Å². The van der Waals surface area contributed by atoms with Crippen LogP contribution in [0.2, 0.25) is 0 Å². The number of anilines is 1. The van der Waals surface area contributed by atoms with E-state index in [0.29, 0.717) is 6.04 Å². The molecular formula is C12H20N4S. The minimum atomic E-state index is 0.375. The average molecular weight is 252 g/mol.